The highest BCUT2D eigenvalue weighted by Crippen LogP contribution is 2.23. The predicted octanol–water partition coefficient (Wildman–Crippen LogP) is 3.15. The van der Waals surface area contributed by atoms with Crippen LogP contribution in [-0.2, 0) is 13.5 Å². The molecule has 0 saturated carbocycles. The number of benzene rings is 1. The van der Waals surface area contributed by atoms with Gasteiger partial charge >= 0.3 is 0 Å². The number of nitrogens with zero attached hydrogens (tertiary/aromatic N) is 2. The van der Waals surface area contributed by atoms with E-state index in [0.717, 1.165) is 23.1 Å². The summed E-state index contributed by atoms with van der Waals surface area (Å²) in [6.45, 7) is 3.01. The van der Waals surface area contributed by atoms with Crippen LogP contribution in [0.1, 0.15) is 11.1 Å². The Labute approximate surface area is 110 Å². The summed E-state index contributed by atoms with van der Waals surface area (Å²) in [5, 5.41) is 7.58. The Morgan fingerprint density at radius 3 is 2.94 bits per heavy atom. The fourth-order valence-corrected chi connectivity index (χ4v) is 2.10. The first-order valence-electron chi connectivity index (χ1n) is 5.63. The molecule has 2 rings (SSSR count). The number of hydrogen-bond acceptors (Lipinski definition) is 2. The van der Waals surface area contributed by atoms with Crippen LogP contribution in [0.3, 0.4) is 0 Å². The molecule has 17 heavy (non-hydrogen) atoms. The average Bonchev–Trinajstić information content (AvgIpc) is 2.69. The van der Waals surface area contributed by atoms with E-state index >= 15 is 0 Å². The number of aromatic nitrogens is 2. The Kier molecular flexibility index (Phi) is 3.84. The van der Waals surface area contributed by atoms with Crippen LogP contribution >= 0.6 is 15.9 Å². The van der Waals surface area contributed by atoms with Crippen molar-refractivity contribution in [3.63, 3.8) is 0 Å². The van der Waals surface area contributed by atoms with E-state index in [1.54, 1.807) is 0 Å². The van der Waals surface area contributed by atoms with E-state index in [9.17, 15) is 0 Å². The van der Waals surface area contributed by atoms with Crippen molar-refractivity contribution in [3.05, 3.63) is 46.2 Å². The molecule has 0 aliphatic heterocycles. The molecule has 0 amide bonds. The van der Waals surface area contributed by atoms with Crippen LogP contribution in [0.4, 0.5) is 5.69 Å². The van der Waals surface area contributed by atoms with E-state index in [0.29, 0.717) is 0 Å². The van der Waals surface area contributed by atoms with Crippen LogP contribution < -0.4 is 5.32 Å². The molecule has 0 bridgehead atoms. The summed E-state index contributed by atoms with van der Waals surface area (Å²) >= 11 is 3.54. The highest BCUT2D eigenvalue weighted by Gasteiger charge is 2.00. The van der Waals surface area contributed by atoms with Gasteiger partial charge in [0.1, 0.15) is 0 Å². The summed E-state index contributed by atoms with van der Waals surface area (Å²) in [6.07, 6.45) is 4.94. The van der Waals surface area contributed by atoms with Crippen molar-refractivity contribution in [1.82, 2.24) is 9.78 Å². The van der Waals surface area contributed by atoms with Gasteiger partial charge in [-0.25, -0.2) is 0 Å². The van der Waals surface area contributed by atoms with Crippen LogP contribution in [0.15, 0.2) is 35.1 Å². The third kappa shape index (κ3) is 3.33. The van der Waals surface area contributed by atoms with Crippen LogP contribution in [0.25, 0.3) is 0 Å². The second-order valence-corrected chi connectivity index (χ2v) is 5.04. The Balaban J connectivity index is 1.91. The Hall–Kier alpha value is -1.29. The van der Waals surface area contributed by atoms with Gasteiger partial charge in [-0.3, -0.25) is 4.68 Å². The summed E-state index contributed by atoms with van der Waals surface area (Å²) in [6, 6.07) is 6.31. The largest absolute Gasteiger partial charge is 0.384 e. The lowest BCUT2D eigenvalue weighted by atomic mass is 10.2. The number of rotatable bonds is 4. The summed E-state index contributed by atoms with van der Waals surface area (Å²) in [5.41, 5.74) is 3.66. The molecule has 1 aromatic heterocycles. The van der Waals surface area contributed by atoms with Gasteiger partial charge < -0.3 is 5.32 Å². The highest BCUT2D eigenvalue weighted by atomic mass is 79.9. The minimum atomic E-state index is 0.910. The van der Waals surface area contributed by atoms with Gasteiger partial charge in [0.05, 0.1) is 6.20 Å². The lowest BCUT2D eigenvalue weighted by Crippen LogP contribution is -2.05. The average molecular weight is 294 g/mol. The molecule has 4 heteroatoms. The van der Waals surface area contributed by atoms with Crippen molar-refractivity contribution in [3.8, 4) is 0 Å². The summed E-state index contributed by atoms with van der Waals surface area (Å²) in [7, 11) is 1.94. The molecule has 1 heterocycles. The van der Waals surface area contributed by atoms with E-state index in [1.807, 2.05) is 24.1 Å². The Morgan fingerprint density at radius 1 is 1.41 bits per heavy atom. The van der Waals surface area contributed by atoms with Gasteiger partial charge in [0.25, 0.3) is 0 Å². The number of halogens is 1. The van der Waals surface area contributed by atoms with E-state index in [2.05, 4.69) is 51.5 Å². The van der Waals surface area contributed by atoms with Crippen molar-refractivity contribution < 1.29 is 0 Å². The van der Waals surface area contributed by atoms with Gasteiger partial charge in [0, 0.05) is 29.9 Å². The number of aryl methyl sites for hydroxylation is 2. The van der Waals surface area contributed by atoms with Crippen LogP contribution in [0.5, 0.6) is 0 Å². The third-order valence-electron chi connectivity index (χ3n) is 2.61. The van der Waals surface area contributed by atoms with Crippen LogP contribution in [0.2, 0.25) is 0 Å². The molecule has 1 N–H and O–H groups in total. The lowest BCUT2D eigenvalue weighted by Gasteiger charge is -2.08. The van der Waals surface area contributed by atoms with Gasteiger partial charge in [0.15, 0.2) is 0 Å². The second kappa shape index (κ2) is 5.36. The molecule has 0 atom stereocenters. The molecule has 0 saturated heterocycles. The van der Waals surface area contributed by atoms with Crippen molar-refractivity contribution in [2.24, 2.45) is 7.05 Å². The lowest BCUT2D eigenvalue weighted by molar-refractivity contribution is 0.767. The minimum Gasteiger partial charge on any atom is -0.384 e. The first-order chi connectivity index (χ1) is 8.15. The quantitative estimate of drug-likeness (QED) is 0.939. The zero-order valence-corrected chi connectivity index (χ0v) is 11.7. The molecule has 0 radical (unpaired) electrons. The third-order valence-corrected chi connectivity index (χ3v) is 3.30. The van der Waals surface area contributed by atoms with E-state index in [4.69, 9.17) is 0 Å². The van der Waals surface area contributed by atoms with Crippen LogP contribution in [0, 0.1) is 6.92 Å². The van der Waals surface area contributed by atoms with Gasteiger partial charge in [-0.1, -0.05) is 6.07 Å². The summed E-state index contributed by atoms with van der Waals surface area (Å²) < 4.78 is 2.94. The van der Waals surface area contributed by atoms with E-state index < -0.39 is 0 Å². The second-order valence-electron chi connectivity index (χ2n) is 4.18. The normalized spacial score (nSPS) is 10.5. The van der Waals surface area contributed by atoms with Crippen molar-refractivity contribution in [1.29, 1.82) is 0 Å². The fourth-order valence-electron chi connectivity index (χ4n) is 1.72. The summed E-state index contributed by atoms with van der Waals surface area (Å²) in [4.78, 5) is 0. The fraction of sp³-hybridized carbons (Fsp3) is 0.308. The van der Waals surface area contributed by atoms with Gasteiger partial charge in [-0.05, 0) is 52.5 Å². The minimum absolute atomic E-state index is 0.910. The molecule has 3 nitrogen and oxygen atoms in total. The maximum absolute atomic E-state index is 4.15. The molecular formula is C13H16BrN3. The molecule has 90 valence electrons. The molecule has 2 aromatic rings. The summed E-state index contributed by atoms with van der Waals surface area (Å²) in [5.74, 6) is 0. The monoisotopic (exact) mass is 293 g/mol. The molecule has 0 aliphatic carbocycles. The maximum atomic E-state index is 4.15. The molecule has 0 aliphatic rings. The highest BCUT2D eigenvalue weighted by molar-refractivity contribution is 9.10. The van der Waals surface area contributed by atoms with Gasteiger partial charge in [-0.2, -0.15) is 5.10 Å². The zero-order chi connectivity index (χ0) is 12.3. The zero-order valence-electron chi connectivity index (χ0n) is 10.1. The van der Waals surface area contributed by atoms with Crippen LogP contribution in [-0.4, -0.2) is 16.3 Å². The molecule has 0 fully saturated rings. The SMILES string of the molecule is Cc1ccc(Br)c(NCCc2cnn(C)c2)c1. The molecule has 1 aromatic carbocycles. The van der Waals surface area contributed by atoms with Gasteiger partial charge in [-0.15, -0.1) is 0 Å². The van der Waals surface area contributed by atoms with Crippen molar-refractivity contribution in [2.75, 3.05) is 11.9 Å². The molecule has 0 unspecified atom stereocenters. The first-order valence-corrected chi connectivity index (χ1v) is 6.42. The van der Waals surface area contributed by atoms with Crippen molar-refractivity contribution >= 4 is 21.6 Å². The number of nitrogens with one attached hydrogen (secondary N) is 1. The molecule has 0 spiro atoms. The van der Waals surface area contributed by atoms with E-state index in [-0.39, 0.29) is 0 Å². The van der Waals surface area contributed by atoms with Gasteiger partial charge in [0.2, 0.25) is 0 Å². The Morgan fingerprint density at radius 2 is 2.24 bits per heavy atom. The smallest absolute Gasteiger partial charge is 0.0522 e. The first kappa shape index (κ1) is 12.2. The maximum Gasteiger partial charge on any atom is 0.0522 e. The standard InChI is InChI=1S/C13H16BrN3/c1-10-3-4-12(14)13(7-10)15-6-5-11-8-16-17(2)9-11/h3-4,7-9,15H,5-6H2,1-2H3. The van der Waals surface area contributed by atoms with E-state index in [1.165, 1.54) is 11.1 Å². The molecular weight excluding hydrogens is 278 g/mol. The topological polar surface area (TPSA) is 29.9 Å². The number of hydrogen-bond donors (Lipinski definition) is 1. The number of anilines is 1. The predicted molar refractivity (Wildman–Crippen MR) is 74.3 cm³/mol. The Bertz CT molecular complexity index is 505. The van der Waals surface area contributed by atoms with Crippen molar-refractivity contribution in [2.45, 2.75) is 13.3 Å².